The van der Waals surface area contributed by atoms with Crippen LogP contribution in [0.1, 0.15) is 26.7 Å². The van der Waals surface area contributed by atoms with Gasteiger partial charge in [0.25, 0.3) is 0 Å². The first-order valence-corrected chi connectivity index (χ1v) is 8.16. The average molecular weight is 437 g/mol. The first-order chi connectivity index (χ1) is 10.2. The molecule has 4 nitrogen and oxygen atoms in total. The van der Waals surface area contributed by atoms with E-state index in [-0.39, 0.29) is 24.0 Å². The molecule has 2 N–H and O–H groups in total. The van der Waals surface area contributed by atoms with Gasteiger partial charge >= 0.3 is 0 Å². The molecule has 0 amide bonds. The molecule has 6 heteroatoms. The second kappa shape index (κ2) is 10.2. The molecule has 2 rings (SSSR count). The Balaban J connectivity index is 0.00000242. The number of guanidine groups is 1. The summed E-state index contributed by atoms with van der Waals surface area (Å²) in [6, 6.07) is 8.49. The number of halogens is 2. The molecule has 1 atom stereocenters. The minimum atomic E-state index is 0. The number of aliphatic imine (C=N–C) groups is 1. The van der Waals surface area contributed by atoms with Crippen LogP contribution in [0.2, 0.25) is 5.02 Å². The summed E-state index contributed by atoms with van der Waals surface area (Å²) >= 11 is 6.07. The molecule has 0 radical (unpaired) electrons. The molecule has 1 aromatic rings. The summed E-state index contributed by atoms with van der Waals surface area (Å²) in [4.78, 5) is 6.93. The lowest BCUT2D eigenvalue weighted by molar-refractivity contribution is 0.648. The van der Waals surface area contributed by atoms with Gasteiger partial charge in [0.1, 0.15) is 0 Å². The third-order valence-electron chi connectivity index (χ3n) is 3.54. The number of nitrogens with one attached hydrogen (secondary N) is 2. The number of hydrogen-bond acceptors (Lipinski definition) is 2. The highest BCUT2D eigenvalue weighted by Crippen LogP contribution is 2.23. The van der Waals surface area contributed by atoms with E-state index in [9.17, 15) is 0 Å². The normalized spacial score (nSPS) is 18.0. The molecular formula is C16H26ClIN4. The van der Waals surface area contributed by atoms with Crippen LogP contribution in [-0.4, -0.2) is 38.2 Å². The molecule has 0 aromatic heterocycles. The van der Waals surface area contributed by atoms with Crippen molar-refractivity contribution in [1.29, 1.82) is 0 Å². The highest BCUT2D eigenvalue weighted by atomic mass is 127. The van der Waals surface area contributed by atoms with Gasteiger partial charge in [-0.15, -0.1) is 24.0 Å². The lowest BCUT2D eigenvalue weighted by atomic mass is 10.2. The van der Waals surface area contributed by atoms with Crippen LogP contribution in [0, 0.1) is 0 Å². The summed E-state index contributed by atoms with van der Waals surface area (Å²) in [6.45, 7) is 8.02. The lowest BCUT2D eigenvalue weighted by Crippen LogP contribution is -2.44. The number of rotatable bonds is 5. The van der Waals surface area contributed by atoms with Crippen molar-refractivity contribution in [3.8, 4) is 0 Å². The molecule has 0 spiro atoms. The quantitative estimate of drug-likeness (QED) is 0.422. The topological polar surface area (TPSA) is 39.7 Å². The smallest absolute Gasteiger partial charge is 0.191 e. The van der Waals surface area contributed by atoms with E-state index in [1.54, 1.807) is 0 Å². The molecule has 1 unspecified atom stereocenters. The number of hydrogen-bond donors (Lipinski definition) is 2. The Morgan fingerprint density at radius 2 is 2.23 bits per heavy atom. The molecule has 0 saturated carbocycles. The molecule has 1 aliphatic heterocycles. The van der Waals surface area contributed by atoms with Gasteiger partial charge in [-0.25, -0.2) is 0 Å². The molecular weight excluding hydrogens is 411 g/mol. The third kappa shape index (κ3) is 5.83. The summed E-state index contributed by atoms with van der Waals surface area (Å²) in [6.07, 6.45) is 2.18. The van der Waals surface area contributed by atoms with E-state index in [2.05, 4.69) is 40.4 Å². The van der Waals surface area contributed by atoms with Crippen molar-refractivity contribution in [2.75, 3.05) is 31.1 Å². The minimum absolute atomic E-state index is 0. The summed E-state index contributed by atoms with van der Waals surface area (Å²) in [5, 5.41) is 7.63. The third-order valence-corrected chi connectivity index (χ3v) is 3.78. The van der Waals surface area contributed by atoms with Gasteiger partial charge in [-0.1, -0.05) is 24.6 Å². The second-order valence-corrected chi connectivity index (χ2v) is 5.75. The van der Waals surface area contributed by atoms with Gasteiger partial charge in [-0.05, 0) is 38.0 Å². The van der Waals surface area contributed by atoms with Gasteiger partial charge in [0.2, 0.25) is 0 Å². The van der Waals surface area contributed by atoms with E-state index in [1.807, 2.05) is 18.2 Å². The summed E-state index contributed by atoms with van der Waals surface area (Å²) in [5.74, 6) is 0.928. The van der Waals surface area contributed by atoms with E-state index >= 15 is 0 Å². The summed E-state index contributed by atoms with van der Waals surface area (Å²) in [7, 11) is 0. The molecule has 0 bridgehead atoms. The maximum atomic E-state index is 6.07. The minimum Gasteiger partial charge on any atom is -0.369 e. The van der Waals surface area contributed by atoms with E-state index in [4.69, 9.17) is 11.6 Å². The largest absolute Gasteiger partial charge is 0.369 e. The second-order valence-electron chi connectivity index (χ2n) is 5.32. The van der Waals surface area contributed by atoms with E-state index in [0.717, 1.165) is 50.0 Å². The molecule has 22 heavy (non-hydrogen) atoms. The van der Waals surface area contributed by atoms with Crippen LogP contribution in [0.25, 0.3) is 0 Å². The number of anilines is 1. The van der Waals surface area contributed by atoms with Crippen molar-refractivity contribution in [3.05, 3.63) is 29.3 Å². The Morgan fingerprint density at radius 1 is 1.41 bits per heavy atom. The first kappa shape index (κ1) is 19.4. The SMILES string of the molecule is CCCN=C(NCC)NC1CCN(c2cccc(Cl)c2)C1.I. The van der Waals surface area contributed by atoms with Crippen molar-refractivity contribution in [2.24, 2.45) is 4.99 Å². The van der Waals surface area contributed by atoms with Gasteiger partial charge in [0.05, 0.1) is 0 Å². The predicted octanol–water partition coefficient (Wildman–Crippen LogP) is 3.50. The van der Waals surface area contributed by atoms with Crippen molar-refractivity contribution < 1.29 is 0 Å². The van der Waals surface area contributed by atoms with Gasteiger partial charge in [0, 0.05) is 42.9 Å². The fraction of sp³-hybridized carbons (Fsp3) is 0.562. The van der Waals surface area contributed by atoms with E-state index in [0.29, 0.717) is 6.04 Å². The van der Waals surface area contributed by atoms with Crippen LogP contribution < -0.4 is 15.5 Å². The van der Waals surface area contributed by atoms with Gasteiger partial charge in [-0.3, -0.25) is 4.99 Å². The molecule has 1 heterocycles. The fourth-order valence-electron chi connectivity index (χ4n) is 2.52. The van der Waals surface area contributed by atoms with Gasteiger partial charge < -0.3 is 15.5 Å². The van der Waals surface area contributed by atoms with E-state index < -0.39 is 0 Å². The maximum absolute atomic E-state index is 6.07. The number of nitrogens with zero attached hydrogens (tertiary/aromatic N) is 2. The van der Waals surface area contributed by atoms with Gasteiger partial charge in [-0.2, -0.15) is 0 Å². The number of benzene rings is 1. The van der Waals surface area contributed by atoms with Crippen LogP contribution >= 0.6 is 35.6 Å². The molecule has 1 aliphatic rings. The van der Waals surface area contributed by atoms with Crippen molar-refractivity contribution in [1.82, 2.24) is 10.6 Å². The lowest BCUT2D eigenvalue weighted by Gasteiger charge is -2.20. The summed E-state index contributed by atoms with van der Waals surface area (Å²) in [5.41, 5.74) is 1.20. The van der Waals surface area contributed by atoms with Crippen LogP contribution in [0.15, 0.2) is 29.3 Å². The molecule has 124 valence electrons. The van der Waals surface area contributed by atoms with Crippen molar-refractivity contribution >= 4 is 47.2 Å². The van der Waals surface area contributed by atoms with Crippen molar-refractivity contribution in [3.63, 3.8) is 0 Å². The zero-order valence-electron chi connectivity index (χ0n) is 13.3. The zero-order valence-corrected chi connectivity index (χ0v) is 16.4. The molecule has 0 aliphatic carbocycles. The predicted molar refractivity (Wildman–Crippen MR) is 107 cm³/mol. The van der Waals surface area contributed by atoms with Crippen LogP contribution in [0.3, 0.4) is 0 Å². The summed E-state index contributed by atoms with van der Waals surface area (Å²) < 4.78 is 0. The Bertz CT molecular complexity index is 481. The van der Waals surface area contributed by atoms with Gasteiger partial charge in [0.15, 0.2) is 5.96 Å². The Labute approximate surface area is 155 Å². The highest BCUT2D eigenvalue weighted by molar-refractivity contribution is 14.0. The first-order valence-electron chi connectivity index (χ1n) is 7.78. The fourth-order valence-corrected chi connectivity index (χ4v) is 2.71. The Kier molecular flexibility index (Phi) is 8.93. The average Bonchev–Trinajstić information content (AvgIpc) is 2.93. The molecule has 1 saturated heterocycles. The van der Waals surface area contributed by atoms with Crippen molar-refractivity contribution in [2.45, 2.75) is 32.7 Å². The van der Waals surface area contributed by atoms with E-state index in [1.165, 1.54) is 5.69 Å². The zero-order chi connectivity index (χ0) is 15.1. The maximum Gasteiger partial charge on any atom is 0.191 e. The highest BCUT2D eigenvalue weighted by Gasteiger charge is 2.23. The monoisotopic (exact) mass is 436 g/mol. The molecule has 1 aromatic carbocycles. The van der Waals surface area contributed by atoms with Crippen LogP contribution in [0.5, 0.6) is 0 Å². The Hall–Kier alpha value is -0.690. The Morgan fingerprint density at radius 3 is 2.91 bits per heavy atom. The molecule has 1 fully saturated rings. The van der Waals surface area contributed by atoms with Crippen LogP contribution in [0.4, 0.5) is 5.69 Å². The van der Waals surface area contributed by atoms with Crippen LogP contribution in [-0.2, 0) is 0 Å². The standard InChI is InChI=1S/C16H25ClN4.HI/c1-3-9-19-16(18-4-2)20-14-8-10-21(12-14)15-7-5-6-13(17)11-15;/h5-7,11,14H,3-4,8-10,12H2,1-2H3,(H2,18,19,20);1H.